The summed E-state index contributed by atoms with van der Waals surface area (Å²) >= 11 is 0. The molecule has 4 aromatic rings. The van der Waals surface area contributed by atoms with E-state index in [-0.39, 0.29) is 24.1 Å². The molecule has 46 heavy (non-hydrogen) atoms. The van der Waals surface area contributed by atoms with Gasteiger partial charge in [-0.2, -0.15) is 26.3 Å². The topological polar surface area (TPSA) is 100 Å². The van der Waals surface area contributed by atoms with E-state index in [0.29, 0.717) is 35.6 Å². The first-order valence-corrected chi connectivity index (χ1v) is 14.7. The molecule has 9 nitrogen and oxygen atoms in total. The zero-order chi connectivity index (χ0) is 33.4. The average molecular weight is 650 g/mol. The number of alkyl halides is 6. The van der Waals surface area contributed by atoms with E-state index in [9.17, 15) is 36.2 Å². The molecule has 0 amide bonds. The number of halogens is 6. The second kappa shape index (κ2) is 12.4. The number of para-hydroxylation sites is 1. The van der Waals surface area contributed by atoms with Crippen molar-refractivity contribution in [3.8, 4) is 0 Å². The second-order valence-electron chi connectivity index (χ2n) is 12.2. The van der Waals surface area contributed by atoms with Crippen molar-refractivity contribution in [2.75, 3.05) is 23.4 Å². The van der Waals surface area contributed by atoms with Crippen LogP contribution in [-0.4, -0.2) is 49.9 Å². The number of hydrogen-bond acceptors (Lipinski definition) is 7. The molecule has 1 aliphatic carbocycles. The Morgan fingerprint density at radius 3 is 2.24 bits per heavy atom. The number of carboxylic acid groups (broad SMARTS) is 1. The summed E-state index contributed by atoms with van der Waals surface area (Å²) in [6.45, 7) is 2.77. The Labute approximate surface area is 260 Å². The molecule has 5 rings (SSSR count). The molecule has 0 aliphatic heterocycles. The van der Waals surface area contributed by atoms with Crippen LogP contribution in [0.5, 0.6) is 0 Å². The van der Waals surface area contributed by atoms with Crippen molar-refractivity contribution in [3.05, 3.63) is 70.8 Å². The maximum Gasteiger partial charge on any atom is 0.416 e. The first-order chi connectivity index (χ1) is 21.5. The molecule has 15 heteroatoms. The number of pyridine rings is 1. The normalized spacial score (nSPS) is 14.1. The van der Waals surface area contributed by atoms with Gasteiger partial charge in [-0.05, 0) is 73.7 Å². The number of rotatable bonds is 12. The molecule has 1 saturated carbocycles. The van der Waals surface area contributed by atoms with Gasteiger partial charge < -0.3 is 14.9 Å². The molecule has 246 valence electrons. The number of benzene rings is 2. The van der Waals surface area contributed by atoms with Gasteiger partial charge in [0.2, 0.25) is 0 Å². The van der Waals surface area contributed by atoms with Crippen LogP contribution < -0.4 is 9.80 Å². The Morgan fingerprint density at radius 1 is 0.978 bits per heavy atom. The third-order valence-electron chi connectivity index (χ3n) is 8.04. The van der Waals surface area contributed by atoms with Crippen LogP contribution in [0.4, 0.5) is 38.1 Å². The molecule has 0 saturated heterocycles. The van der Waals surface area contributed by atoms with Gasteiger partial charge in [0.25, 0.3) is 5.95 Å². The number of anilines is 2. The number of hydrogen-bond donors (Lipinski definition) is 1. The predicted octanol–water partition coefficient (Wildman–Crippen LogP) is 6.91. The Balaban J connectivity index is 1.59. The minimum atomic E-state index is -5.04. The van der Waals surface area contributed by atoms with Gasteiger partial charge in [0.15, 0.2) is 5.54 Å². The van der Waals surface area contributed by atoms with Crippen LogP contribution in [0.15, 0.2) is 48.5 Å². The number of aromatic nitrogens is 5. The van der Waals surface area contributed by atoms with Crippen molar-refractivity contribution in [3.63, 3.8) is 0 Å². The highest BCUT2D eigenvalue weighted by Crippen LogP contribution is 2.37. The maximum atomic E-state index is 13.7. The van der Waals surface area contributed by atoms with Crippen LogP contribution in [-0.2, 0) is 35.8 Å². The van der Waals surface area contributed by atoms with Crippen molar-refractivity contribution in [1.82, 2.24) is 25.2 Å². The van der Waals surface area contributed by atoms with Gasteiger partial charge in [-0.3, -0.25) is 0 Å². The average Bonchev–Trinajstić information content (AvgIpc) is 3.66. The largest absolute Gasteiger partial charge is 0.479 e. The third-order valence-corrected chi connectivity index (χ3v) is 8.04. The molecule has 2 aromatic carbocycles. The van der Waals surface area contributed by atoms with E-state index >= 15 is 0 Å². The fraction of sp³-hybridized carbons (Fsp3) is 0.452. The number of fused-ring (bicyclic) bond motifs is 1. The smallest absolute Gasteiger partial charge is 0.416 e. The van der Waals surface area contributed by atoms with Gasteiger partial charge in [0.05, 0.1) is 16.6 Å². The second-order valence-corrected chi connectivity index (χ2v) is 12.2. The molecule has 0 bridgehead atoms. The highest BCUT2D eigenvalue weighted by Gasteiger charge is 2.38. The molecule has 0 spiro atoms. The SMILES string of the molecule is CN(CCCC1CC1)c1nc2ccccc2cc1CN(Cc1cc(C(F)(F)F)cc(C(F)(F)F)c1)c1nnn(C(C)(C)C(=O)O)n1. The maximum absolute atomic E-state index is 13.7. The van der Waals surface area contributed by atoms with Gasteiger partial charge in [0, 0.05) is 37.6 Å². The summed E-state index contributed by atoms with van der Waals surface area (Å²) in [7, 11) is 1.88. The summed E-state index contributed by atoms with van der Waals surface area (Å²) < 4.78 is 82.3. The van der Waals surface area contributed by atoms with Crippen LogP contribution in [0, 0.1) is 5.92 Å². The summed E-state index contributed by atoms with van der Waals surface area (Å²) in [5.41, 5.74) is -3.53. The van der Waals surface area contributed by atoms with Gasteiger partial charge in [-0.25, -0.2) is 9.78 Å². The monoisotopic (exact) mass is 649 g/mol. The van der Waals surface area contributed by atoms with Crippen LogP contribution in [0.25, 0.3) is 10.9 Å². The Kier molecular flexibility index (Phi) is 8.88. The molecule has 0 atom stereocenters. The van der Waals surface area contributed by atoms with Gasteiger partial charge in [-0.1, -0.05) is 36.1 Å². The van der Waals surface area contributed by atoms with Gasteiger partial charge >= 0.3 is 18.3 Å². The summed E-state index contributed by atoms with van der Waals surface area (Å²) in [5, 5.41) is 22.5. The number of carboxylic acids is 1. The molecule has 1 fully saturated rings. The zero-order valence-corrected chi connectivity index (χ0v) is 25.4. The Hall–Kier alpha value is -4.43. The predicted molar refractivity (Wildman–Crippen MR) is 158 cm³/mol. The lowest BCUT2D eigenvalue weighted by atomic mass is 10.0. The van der Waals surface area contributed by atoms with Gasteiger partial charge in [0.1, 0.15) is 5.82 Å². The fourth-order valence-electron chi connectivity index (χ4n) is 5.12. The molecule has 0 unspecified atom stereocenters. The fourth-order valence-corrected chi connectivity index (χ4v) is 5.12. The molecule has 2 heterocycles. The highest BCUT2D eigenvalue weighted by atomic mass is 19.4. The van der Waals surface area contributed by atoms with Crippen LogP contribution in [0.1, 0.15) is 61.8 Å². The number of carbonyl (C=O) groups is 1. The van der Waals surface area contributed by atoms with Crippen molar-refractivity contribution >= 4 is 28.6 Å². The zero-order valence-electron chi connectivity index (χ0n) is 25.4. The van der Waals surface area contributed by atoms with Crippen LogP contribution >= 0.6 is 0 Å². The standard InChI is InChI=1S/C31H33F6N7O2/c1-29(2,27(45)46)44-40-28(39-41-44)43(17-20-13-23(30(32,33)34)16-24(14-20)31(35,36)37)18-22-15-21-8-4-5-9-25(21)38-26(22)42(3)12-6-7-19-10-11-19/h4-5,8-9,13-16,19H,6-7,10-12,17-18H2,1-3H3,(H,45,46). The van der Waals surface area contributed by atoms with Crippen molar-refractivity contribution < 1.29 is 36.2 Å². The lowest BCUT2D eigenvalue weighted by Gasteiger charge is -2.27. The lowest BCUT2D eigenvalue weighted by molar-refractivity contribution is -0.147. The Bertz CT molecular complexity index is 1680. The number of nitrogens with zero attached hydrogens (tertiary/aromatic N) is 7. The molecule has 0 radical (unpaired) electrons. The van der Waals surface area contributed by atoms with E-state index in [2.05, 4.69) is 15.4 Å². The lowest BCUT2D eigenvalue weighted by Crippen LogP contribution is -2.37. The first kappa shape index (κ1) is 32.9. The quantitative estimate of drug-likeness (QED) is 0.165. The van der Waals surface area contributed by atoms with Crippen LogP contribution in [0.2, 0.25) is 0 Å². The van der Waals surface area contributed by atoms with Crippen molar-refractivity contribution in [2.24, 2.45) is 5.92 Å². The minimum absolute atomic E-state index is 0.0692. The number of aliphatic carboxylic acids is 1. The molecule has 1 N–H and O–H groups in total. The minimum Gasteiger partial charge on any atom is -0.479 e. The molecular formula is C31H33F6N7O2. The summed E-state index contributed by atoms with van der Waals surface area (Å²) in [5.74, 6) is -0.149. The van der Waals surface area contributed by atoms with Gasteiger partial charge in [-0.15, -0.1) is 9.90 Å². The summed E-state index contributed by atoms with van der Waals surface area (Å²) in [6.07, 6.45) is -5.64. The Morgan fingerprint density at radius 2 is 1.63 bits per heavy atom. The summed E-state index contributed by atoms with van der Waals surface area (Å²) in [4.78, 5) is 20.9. The van der Waals surface area contributed by atoms with E-state index in [0.717, 1.165) is 28.9 Å². The van der Waals surface area contributed by atoms with E-state index in [1.54, 1.807) is 0 Å². The van der Waals surface area contributed by atoms with Crippen molar-refractivity contribution in [1.29, 1.82) is 0 Å². The molecular weight excluding hydrogens is 616 g/mol. The van der Waals surface area contributed by atoms with E-state index in [1.165, 1.54) is 31.6 Å². The number of tetrazole rings is 1. The third kappa shape index (κ3) is 7.50. The van der Waals surface area contributed by atoms with Crippen LogP contribution in [0.3, 0.4) is 0 Å². The first-order valence-electron chi connectivity index (χ1n) is 14.7. The van der Waals surface area contributed by atoms with E-state index < -0.39 is 41.5 Å². The van der Waals surface area contributed by atoms with Crippen molar-refractivity contribution in [2.45, 2.75) is 70.5 Å². The molecule has 1 aliphatic rings. The summed E-state index contributed by atoms with van der Waals surface area (Å²) in [6, 6.07) is 10.6. The highest BCUT2D eigenvalue weighted by molar-refractivity contribution is 5.82. The van der Waals surface area contributed by atoms with E-state index in [4.69, 9.17) is 4.98 Å². The molecule has 2 aromatic heterocycles. The van der Waals surface area contributed by atoms with E-state index in [1.807, 2.05) is 42.3 Å².